The molecule has 5 heteroatoms. The van der Waals surface area contributed by atoms with E-state index in [1.807, 2.05) is 31.2 Å². The Morgan fingerprint density at radius 1 is 1.26 bits per heavy atom. The number of aryl methyl sites for hydroxylation is 1. The molecule has 4 nitrogen and oxygen atoms in total. The second kappa shape index (κ2) is 5.40. The molecule has 0 spiro atoms. The van der Waals surface area contributed by atoms with Gasteiger partial charge >= 0.3 is 5.97 Å². The molecule has 0 bridgehead atoms. The Labute approximate surface area is 118 Å². The number of esters is 1. The number of hydrogen-bond donors (Lipinski definition) is 0. The van der Waals surface area contributed by atoms with E-state index in [-0.39, 0.29) is 5.56 Å². The van der Waals surface area contributed by atoms with Crippen molar-refractivity contribution >= 4 is 21.9 Å². The first kappa shape index (κ1) is 13.5. The van der Waals surface area contributed by atoms with Gasteiger partial charge in [0.05, 0.1) is 7.11 Å². The zero-order valence-corrected chi connectivity index (χ0v) is 12.1. The fraction of sp³-hybridized carbons (Fsp3) is 0.143. The van der Waals surface area contributed by atoms with E-state index in [9.17, 15) is 9.59 Å². The van der Waals surface area contributed by atoms with Crippen molar-refractivity contribution in [1.82, 2.24) is 4.57 Å². The van der Waals surface area contributed by atoms with E-state index in [0.29, 0.717) is 10.2 Å². The smallest absolute Gasteiger partial charge is 0.343 e. The first-order valence-electron chi connectivity index (χ1n) is 5.60. The largest absolute Gasteiger partial charge is 0.465 e. The van der Waals surface area contributed by atoms with Gasteiger partial charge in [-0.1, -0.05) is 17.7 Å². The van der Waals surface area contributed by atoms with Gasteiger partial charge in [0.1, 0.15) is 5.56 Å². The summed E-state index contributed by atoms with van der Waals surface area (Å²) < 4.78 is 6.65. The summed E-state index contributed by atoms with van der Waals surface area (Å²) in [6, 6.07) is 8.91. The molecule has 0 aliphatic rings. The molecular weight excluding hydrogens is 310 g/mol. The lowest BCUT2D eigenvalue weighted by Gasteiger charge is -2.09. The predicted octanol–water partition coefficient (Wildman–Crippen LogP) is 2.70. The number of rotatable bonds is 2. The van der Waals surface area contributed by atoms with Crippen LogP contribution in [0.4, 0.5) is 0 Å². The molecule has 19 heavy (non-hydrogen) atoms. The van der Waals surface area contributed by atoms with E-state index >= 15 is 0 Å². The lowest BCUT2D eigenvalue weighted by molar-refractivity contribution is 0.0598. The molecule has 0 aliphatic heterocycles. The van der Waals surface area contributed by atoms with Gasteiger partial charge in [-0.05, 0) is 41.1 Å². The van der Waals surface area contributed by atoms with Gasteiger partial charge in [-0.15, -0.1) is 0 Å². The Morgan fingerprint density at radius 3 is 2.47 bits per heavy atom. The van der Waals surface area contributed by atoms with E-state index < -0.39 is 11.5 Å². The average molecular weight is 322 g/mol. The maximum absolute atomic E-state index is 12.2. The van der Waals surface area contributed by atoms with Crippen molar-refractivity contribution in [2.24, 2.45) is 0 Å². The van der Waals surface area contributed by atoms with Crippen molar-refractivity contribution in [1.29, 1.82) is 0 Å². The Hall–Kier alpha value is -1.88. The highest BCUT2D eigenvalue weighted by molar-refractivity contribution is 9.10. The number of carbonyl (C=O) groups is 1. The minimum Gasteiger partial charge on any atom is -0.465 e. The Bertz CT molecular complexity index is 674. The lowest BCUT2D eigenvalue weighted by atomic mass is 10.2. The maximum atomic E-state index is 12.2. The Morgan fingerprint density at radius 2 is 1.89 bits per heavy atom. The Kier molecular flexibility index (Phi) is 3.85. The molecule has 0 atom stereocenters. The van der Waals surface area contributed by atoms with Gasteiger partial charge in [-0.25, -0.2) is 4.79 Å². The van der Waals surface area contributed by atoms with Crippen LogP contribution in [0.1, 0.15) is 15.9 Å². The molecule has 0 radical (unpaired) electrons. The molecule has 98 valence electrons. The number of hydrogen-bond acceptors (Lipinski definition) is 3. The molecule has 0 unspecified atom stereocenters. The summed E-state index contributed by atoms with van der Waals surface area (Å²) >= 11 is 3.29. The third kappa shape index (κ3) is 2.76. The summed E-state index contributed by atoms with van der Waals surface area (Å²) in [5, 5.41) is 0. The number of pyridine rings is 1. The lowest BCUT2D eigenvalue weighted by Crippen LogP contribution is -2.25. The van der Waals surface area contributed by atoms with Crippen LogP contribution in [0.3, 0.4) is 0 Å². The van der Waals surface area contributed by atoms with Gasteiger partial charge in [-0.2, -0.15) is 0 Å². The van der Waals surface area contributed by atoms with Crippen LogP contribution in [0.15, 0.2) is 45.8 Å². The van der Waals surface area contributed by atoms with Crippen LogP contribution in [0.2, 0.25) is 0 Å². The van der Waals surface area contributed by atoms with E-state index in [1.165, 1.54) is 17.7 Å². The number of methoxy groups -OCH3 is 1. The van der Waals surface area contributed by atoms with Gasteiger partial charge < -0.3 is 4.74 Å². The van der Waals surface area contributed by atoms with Gasteiger partial charge in [0.15, 0.2) is 0 Å². The fourth-order valence-electron chi connectivity index (χ4n) is 1.70. The highest BCUT2D eigenvalue weighted by Crippen LogP contribution is 2.14. The summed E-state index contributed by atoms with van der Waals surface area (Å²) in [6.07, 6.45) is 1.62. The molecule has 0 aliphatic carbocycles. The summed E-state index contributed by atoms with van der Waals surface area (Å²) in [6.45, 7) is 1.97. The van der Waals surface area contributed by atoms with Crippen LogP contribution < -0.4 is 5.56 Å². The molecular formula is C14H12BrNO3. The van der Waals surface area contributed by atoms with Crippen LogP contribution in [-0.4, -0.2) is 17.6 Å². The average Bonchev–Trinajstić information content (AvgIpc) is 2.41. The SMILES string of the molecule is COC(=O)c1cc(Br)cn(-c2ccc(C)cc2)c1=O. The molecule has 0 fully saturated rings. The van der Waals surface area contributed by atoms with Crippen LogP contribution >= 0.6 is 15.9 Å². The molecule has 0 saturated heterocycles. The fourth-order valence-corrected chi connectivity index (χ4v) is 2.14. The number of carbonyl (C=O) groups excluding carboxylic acids is 1. The molecule has 2 aromatic rings. The summed E-state index contributed by atoms with van der Waals surface area (Å²) in [7, 11) is 1.25. The third-order valence-electron chi connectivity index (χ3n) is 2.70. The van der Waals surface area contributed by atoms with Gasteiger partial charge in [0, 0.05) is 16.4 Å². The zero-order valence-electron chi connectivity index (χ0n) is 10.5. The topological polar surface area (TPSA) is 48.3 Å². The minimum atomic E-state index is -0.646. The van der Waals surface area contributed by atoms with E-state index in [2.05, 4.69) is 20.7 Å². The summed E-state index contributed by atoms with van der Waals surface area (Å²) in [4.78, 5) is 23.8. The first-order valence-corrected chi connectivity index (χ1v) is 6.40. The van der Waals surface area contributed by atoms with Crippen molar-refractivity contribution in [3.63, 3.8) is 0 Å². The van der Waals surface area contributed by atoms with Gasteiger partial charge in [0.2, 0.25) is 0 Å². The normalized spacial score (nSPS) is 10.3. The molecule has 1 heterocycles. The predicted molar refractivity (Wildman–Crippen MR) is 75.8 cm³/mol. The van der Waals surface area contributed by atoms with Crippen molar-refractivity contribution in [2.45, 2.75) is 6.92 Å². The quantitative estimate of drug-likeness (QED) is 0.799. The molecule has 1 aromatic carbocycles. The van der Waals surface area contributed by atoms with Crippen molar-refractivity contribution in [2.75, 3.05) is 7.11 Å². The van der Waals surface area contributed by atoms with Crippen LogP contribution in [0.5, 0.6) is 0 Å². The van der Waals surface area contributed by atoms with Crippen molar-refractivity contribution in [3.05, 3.63) is 62.5 Å². The van der Waals surface area contributed by atoms with E-state index in [1.54, 1.807) is 6.20 Å². The molecule has 0 amide bonds. The Balaban J connectivity index is 2.64. The second-order valence-electron chi connectivity index (χ2n) is 4.07. The molecule has 1 aromatic heterocycles. The van der Waals surface area contributed by atoms with E-state index in [0.717, 1.165) is 5.56 Å². The molecule has 0 N–H and O–H groups in total. The summed E-state index contributed by atoms with van der Waals surface area (Å²) in [5.41, 5.74) is 1.39. The number of nitrogens with zero attached hydrogens (tertiary/aromatic N) is 1. The first-order chi connectivity index (χ1) is 9.02. The van der Waals surface area contributed by atoms with Crippen molar-refractivity contribution < 1.29 is 9.53 Å². The number of halogens is 1. The number of aromatic nitrogens is 1. The van der Waals surface area contributed by atoms with Gasteiger partial charge in [-0.3, -0.25) is 9.36 Å². The molecule has 0 saturated carbocycles. The molecule has 2 rings (SSSR count). The van der Waals surface area contributed by atoms with Crippen molar-refractivity contribution in [3.8, 4) is 5.69 Å². The van der Waals surface area contributed by atoms with Crippen LogP contribution in [-0.2, 0) is 4.74 Å². The maximum Gasteiger partial charge on any atom is 0.343 e. The highest BCUT2D eigenvalue weighted by Gasteiger charge is 2.14. The van der Waals surface area contributed by atoms with Crippen LogP contribution in [0.25, 0.3) is 5.69 Å². The monoisotopic (exact) mass is 321 g/mol. The highest BCUT2D eigenvalue weighted by atomic mass is 79.9. The standard InChI is InChI=1S/C14H12BrNO3/c1-9-3-5-11(6-4-9)16-8-10(15)7-12(13(16)17)14(18)19-2/h3-8H,1-2H3. The van der Waals surface area contributed by atoms with Crippen LogP contribution in [0, 0.1) is 6.92 Å². The van der Waals surface area contributed by atoms with Gasteiger partial charge in [0.25, 0.3) is 5.56 Å². The second-order valence-corrected chi connectivity index (χ2v) is 4.99. The summed E-state index contributed by atoms with van der Waals surface area (Å²) in [5.74, 6) is -0.646. The van der Waals surface area contributed by atoms with E-state index in [4.69, 9.17) is 0 Å². The minimum absolute atomic E-state index is 0.00236. The number of benzene rings is 1. The number of ether oxygens (including phenoxy) is 1. The zero-order chi connectivity index (χ0) is 14.0. The third-order valence-corrected chi connectivity index (χ3v) is 3.13.